The average molecular weight is 332 g/mol. The summed E-state index contributed by atoms with van der Waals surface area (Å²) in [7, 11) is 3.89. The SMILES string of the molecule is CN(C)c1ccc(C(=O)N2CCCO[C@H](CN3CCCC3)C2)cn1. The van der Waals surface area contributed by atoms with E-state index in [-0.39, 0.29) is 12.0 Å². The lowest BCUT2D eigenvalue weighted by atomic mass is 10.2. The molecule has 0 spiro atoms. The maximum atomic E-state index is 12.8. The molecule has 1 atom stereocenters. The molecule has 24 heavy (non-hydrogen) atoms. The molecule has 6 heteroatoms. The van der Waals surface area contributed by atoms with Crippen LogP contribution in [0, 0.1) is 0 Å². The topological polar surface area (TPSA) is 48.9 Å². The van der Waals surface area contributed by atoms with Gasteiger partial charge in [-0.05, 0) is 44.5 Å². The highest BCUT2D eigenvalue weighted by Gasteiger charge is 2.26. The maximum Gasteiger partial charge on any atom is 0.255 e. The lowest BCUT2D eigenvalue weighted by Crippen LogP contribution is -2.41. The molecule has 1 aromatic heterocycles. The van der Waals surface area contributed by atoms with Crippen molar-refractivity contribution in [1.82, 2.24) is 14.8 Å². The second-order valence-corrected chi connectivity index (χ2v) is 6.90. The van der Waals surface area contributed by atoms with E-state index in [0.717, 1.165) is 45.0 Å². The number of hydrogen-bond acceptors (Lipinski definition) is 5. The number of carbonyl (C=O) groups is 1. The Labute approximate surface area is 144 Å². The van der Waals surface area contributed by atoms with Crippen LogP contribution in [-0.4, -0.2) is 80.2 Å². The summed E-state index contributed by atoms with van der Waals surface area (Å²) < 4.78 is 5.97. The standard InChI is InChI=1S/C18H28N4O2/c1-20(2)17-7-6-15(12-19-17)18(23)22-10-5-11-24-16(14-22)13-21-8-3-4-9-21/h6-7,12,16H,3-5,8-11,13-14H2,1-2H3/t16-/m1/s1. The van der Waals surface area contributed by atoms with E-state index in [2.05, 4.69) is 9.88 Å². The predicted octanol–water partition coefficient (Wildman–Crippen LogP) is 1.47. The molecule has 0 bridgehead atoms. The average Bonchev–Trinajstić information content (AvgIpc) is 2.98. The van der Waals surface area contributed by atoms with Gasteiger partial charge in [0.15, 0.2) is 0 Å². The van der Waals surface area contributed by atoms with Gasteiger partial charge in [0, 0.05) is 46.5 Å². The van der Waals surface area contributed by atoms with E-state index in [0.29, 0.717) is 12.1 Å². The highest BCUT2D eigenvalue weighted by molar-refractivity contribution is 5.94. The molecule has 0 unspecified atom stereocenters. The molecule has 0 aromatic carbocycles. The molecule has 0 aliphatic carbocycles. The zero-order valence-corrected chi connectivity index (χ0v) is 14.8. The van der Waals surface area contributed by atoms with Gasteiger partial charge in [-0.1, -0.05) is 0 Å². The Bertz CT molecular complexity index is 540. The maximum absolute atomic E-state index is 12.8. The minimum Gasteiger partial charge on any atom is -0.375 e. The quantitative estimate of drug-likeness (QED) is 0.836. The fourth-order valence-corrected chi connectivity index (χ4v) is 3.40. The van der Waals surface area contributed by atoms with Gasteiger partial charge in [-0.15, -0.1) is 0 Å². The second-order valence-electron chi connectivity index (χ2n) is 6.90. The molecule has 0 N–H and O–H groups in total. The van der Waals surface area contributed by atoms with Crippen molar-refractivity contribution in [3.05, 3.63) is 23.9 Å². The van der Waals surface area contributed by atoms with Crippen molar-refractivity contribution in [2.24, 2.45) is 0 Å². The first-order valence-corrected chi connectivity index (χ1v) is 8.90. The molecule has 3 rings (SSSR count). The monoisotopic (exact) mass is 332 g/mol. The van der Waals surface area contributed by atoms with Crippen LogP contribution in [0.2, 0.25) is 0 Å². The van der Waals surface area contributed by atoms with E-state index in [4.69, 9.17) is 4.74 Å². The third-order valence-corrected chi connectivity index (χ3v) is 4.75. The molecule has 1 amide bonds. The van der Waals surface area contributed by atoms with Crippen LogP contribution in [0.1, 0.15) is 29.6 Å². The number of anilines is 1. The fraction of sp³-hybridized carbons (Fsp3) is 0.667. The van der Waals surface area contributed by atoms with Crippen molar-refractivity contribution in [2.75, 3.05) is 58.3 Å². The number of likely N-dealkylation sites (tertiary alicyclic amines) is 1. The van der Waals surface area contributed by atoms with Crippen LogP contribution >= 0.6 is 0 Å². The third kappa shape index (κ3) is 4.24. The lowest BCUT2D eigenvalue weighted by Gasteiger charge is -2.27. The van der Waals surface area contributed by atoms with Crippen LogP contribution in [0.15, 0.2) is 18.3 Å². The van der Waals surface area contributed by atoms with Crippen molar-refractivity contribution in [1.29, 1.82) is 0 Å². The number of pyridine rings is 1. The van der Waals surface area contributed by atoms with Crippen molar-refractivity contribution in [3.63, 3.8) is 0 Å². The van der Waals surface area contributed by atoms with Crippen LogP contribution in [0.3, 0.4) is 0 Å². The summed E-state index contributed by atoms with van der Waals surface area (Å²) in [5.41, 5.74) is 0.655. The first kappa shape index (κ1) is 17.2. The van der Waals surface area contributed by atoms with E-state index in [1.54, 1.807) is 6.20 Å². The molecular weight excluding hydrogens is 304 g/mol. The first-order valence-electron chi connectivity index (χ1n) is 8.90. The van der Waals surface area contributed by atoms with Gasteiger partial charge in [0.1, 0.15) is 5.82 Å². The highest BCUT2D eigenvalue weighted by Crippen LogP contribution is 2.15. The van der Waals surface area contributed by atoms with Crippen LogP contribution in [0.5, 0.6) is 0 Å². The van der Waals surface area contributed by atoms with Crippen LogP contribution in [0.4, 0.5) is 5.82 Å². The molecule has 2 saturated heterocycles. The Balaban J connectivity index is 1.63. The van der Waals surface area contributed by atoms with Crippen molar-refractivity contribution < 1.29 is 9.53 Å². The van der Waals surface area contributed by atoms with E-state index >= 15 is 0 Å². The number of amides is 1. The Morgan fingerprint density at radius 1 is 1.25 bits per heavy atom. The molecule has 6 nitrogen and oxygen atoms in total. The summed E-state index contributed by atoms with van der Waals surface area (Å²) >= 11 is 0. The van der Waals surface area contributed by atoms with Gasteiger partial charge in [0.2, 0.25) is 0 Å². The number of ether oxygens (including phenoxy) is 1. The number of aromatic nitrogens is 1. The number of carbonyl (C=O) groups excluding carboxylic acids is 1. The smallest absolute Gasteiger partial charge is 0.255 e. The summed E-state index contributed by atoms with van der Waals surface area (Å²) in [6.07, 6.45) is 5.24. The normalized spacial score (nSPS) is 22.4. The Kier molecular flexibility index (Phi) is 5.68. The van der Waals surface area contributed by atoms with Gasteiger partial charge < -0.3 is 19.4 Å². The van der Waals surface area contributed by atoms with E-state index < -0.39 is 0 Å². The van der Waals surface area contributed by atoms with E-state index in [1.165, 1.54) is 12.8 Å². The largest absolute Gasteiger partial charge is 0.375 e. The Morgan fingerprint density at radius 3 is 2.71 bits per heavy atom. The van der Waals surface area contributed by atoms with Crippen molar-refractivity contribution in [3.8, 4) is 0 Å². The van der Waals surface area contributed by atoms with Crippen LogP contribution in [0.25, 0.3) is 0 Å². The number of rotatable bonds is 4. The summed E-state index contributed by atoms with van der Waals surface area (Å²) in [6, 6.07) is 3.76. The highest BCUT2D eigenvalue weighted by atomic mass is 16.5. The first-order chi connectivity index (χ1) is 11.6. The molecule has 0 saturated carbocycles. The minimum atomic E-state index is 0.0599. The Morgan fingerprint density at radius 2 is 2.04 bits per heavy atom. The number of hydrogen-bond donors (Lipinski definition) is 0. The zero-order chi connectivity index (χ0) is 16.9. The van der Waals surface area contributed by atoms with Crippen molar-refractivity contribution >= 4 is 11.7 Å². The summed E-state index contributed by atoms with van der Waals surface area (Å²) in [5.74, 6) is 0.919. The Hall–Kier alpha value is -1.66. The molecule has 3 heterocycles. The van der Waals surface area contributed by atoms with Gasteiger partial charge in [-0.25, -0.2) is 4.98 Å². The van der Waals surface area contributed by atoms with Gasteiger partial charge in [0.05, 0.1) is 11.7 Å². The molecule has 2 fully saturated rings. The second kappa shape index (κ2) is 7.94. The van der Waals surface area contributed by atoms with Gasteiger partial charge in [-0.2, -0.15) is 0 Å². The molecular formula is C18H28N4O2. The molecule has 132 valence electrons. The van der Waals surface area contributed by atoms with E-state index in [1.807, 2.05) is 36.0 Å². The zero-order valence-electron chi connectivity index (χ0n) is 14.8. The van der Waals surface area contributed by atoms with Crippen LogP contribution < -0.4 is 4.90 Å². The number of nitrogens with zero attached hydrogens (tertiary/aromatic N) is 4. The molecule has 2 aliphatic heterocycles. The minimum absolute atomic E-state index is 0.0599. The van der Waals surface area contributed by atoms with E-state index in [9.17, 15) is 4.79 Å². The third-order valence-electron chi connectivity index (χ3n) is 4.75. The predicted molar refractivity (Wildman–Crippen MR) is 94.5 cm³/mol. The molecule has 1 aromatic rings. The molecule has 0 radical (unpaired) electrons. The van der Waals surface area contributed by atoms with Crippen molar-refractivity contribution in [2.45, 2.75) is 25.4 Å². The van der Waals surface area contributed by atoms with Gasteiger partial charge >= 0.3 is 0 Å². The van der Waals surface area contributed by atoms with Crippen LogP contribution in [-0.2, 0) is 4.74 Å². The fourth-order valence-electron chi connectivity index (χ4n) is 3.40. The lowest BCUT2D eigenvalue weighted by molar-refractivity contribution is 0.0297. The summed E-state index contributed by atoms with van der Waals surface area (Å²) in [4.78, 5) is 23.5. The molecule has 2 aliphatic rings. The summed E-state index contributed by atoms with van der Waals surface area (Å²) in [6.45, 7) is 5.41. The van der Waals surface area contributed by atoms with Gasteiger partial charge in [-0.3, -0.25) is 4.79 Å². The summed E-state index contributed by atoms with van der Waals surface area (Å²) in [5, 5.41) is 0. The van der Waals surface area contributed by atoms with Gasteiger partial charge in [0.25, 0.3) is 5.91 Å².